The number of halogens is 1. The van der Waals surface area contributed by atoms with E-state index in [2.05, 4.69) is 39.4 Å². The molecule has 0 aliphatic rings. The lowest BCUT2D eigenvalue weighted by Gasteiger charge is -2.12. The number of benzene rings is 1. The van der Waals surface area contributed by atoms with Gasteiger partial charge in [-0.2, -0.15) is 9.97 Å². The minimum absolute atomic E-state index is 0.210. The number of hydrogen-bond acceptors (Lipinski definition) is 6. The first-order valence-corrected chi connectivity index (χ1v) is 8.99. The van der Waals surface area contributed by atoms with Gasteiger partial charge in [0.2, 0.25) is 5.95 Å². The lowest BCUT2D eigenvalue weighted by Crippen LogP contribution is -2.07. The number of aromatic nitrogens is 4. The molecule has 0 amide bonds. The van der Waals surface area contributed by atoms with Crippen molar-refractivity contribution in [1.82, 2.24) is 19.5 Å². The summed E-state index contributed by atoms with van der Waals surface area (Å²) in [5, 5.41) is 14.7. The van der Waals surface area contributed by atoms with E-state index in [1.165, 1.54) is 0 Å². The van der Waals surface area contributed by atoms with Crippen molar-refractivity contribution in [2.24, 2.45) is 0 Å². The fraction of sp³-hybridized carbons (Fsp3) is 0.263. The van der Waals surface area contributed by atoms with Gasteiger partial charge in [-0.15, -0.1) is 0 Å². The van der Waals surface area contributed by atoms with Gasteiger partial charge in [0.15, 0.2) is 17.0 Å². The van der Waals surface area contributed by atoms with E-state index in [9.17, 15) is 0 Å². The summed E-state index contributed by atoms with van der Waals surface area (Å²) < 4.78 is 2.00. The Hall–Kier alpha value is -2.93. The number of hydrogen-bond donors (Lipinski definition) is 3. The largest absolute Gasteiger partial charge is 0.342 e. The van der Waals surface area contributed by atoms with E-state index in [0.717, 1.165) is 17.0 Å². The van der Waals surface area contributed by atoms with E-state index in [4.69, 9.17) is 17.0 Å². The average Bonchev–Trinajstić information content (AvgIpc) is 3.00. The van der Waals surface area contributed by atoms with Crippen molar-refractivity contribution < 1.29 is 0 Å². The Morgan fingerprint density at radius 2 is 1.89 bits per heavy atom. The van der Waals surface area contributed by atoms with Gasteiger partial charge < -0.3 is 20.6 Å². The summed E-state index contributed by atoms with van der Waals surface area (Å²) in [5.41, 5.74) is 3.51. The second-order valence-corrected chi connectivity index (χ2v) is 7.02. The van der Waals surface area contributed by atoms with Crippen LogP contribution in [0.2, 0.25) is 5.02 Å². The Balaban J connectivity index is 2.06. The van der Waals surface area contributed by atoms with Crippen LogP contribution in [-0.4, -0.2) is 25.2 Å². The lowest BCUT2D eigenvalue weighted by molar-refractivity contribution is 0.613. The maximum atomic E-state index is 7.63. The van der Waals surface area contributed by atoms with Gasteiger partial charge in [-0.25, -0.2) is 4.98 Å². The SMILES string of the molecule is CC(=N)/C=C(/C)Nc1nc(Nc2ccc(Cl)cc2)nc2c1ncn2C(C)C. The maximum Gasteiger partial charge on any atom is 0.231 e. The molecular formula is C19H22ClN7. The van der Waals surface area contributed by atoms with Gasteiger partial charge in [0.25, 0.3) is 0 Å². The number of rotatable bonds is 6. The highest BCUT2D eigenvalue weighted by Gasteiger charge is 2.15. The second kappa shape index (κ2) is 7.75. The molecule has 0 aliphatic heterocycles. The zero-order valence-electron chi connectivity index (χ0n) is 15.7. The number of anilines is 3. The first kappa shape index (κ1) is 18.8. The summed E-state index contributed by atoms with van der Waals surface area (Å²) in [6, 6.07) is 7.56. The van der Waals surface area contributed by atoms with Crippen molar-refractivity contribution in [3.63, 3.8) is 0 Å². The van der Waals surface area contributed by atoms with Gasteiger partial charge in [-0.05, 0) is 58.0 Å². The van der Waals surface area contributed by atoms with Crippen LogP contribution in [0, 0.1) is 5.41 Å². The molecule has 2 aromatic heterocycles. The van der Waals surface area contributed by atoms with Crippen molar-refractivity contribution in [3.05, 3.63) is 47.4 Å². The van der Waals surface area contributed by atoms with Gasteiger partial charge in [0.1, 0.15) is 0 Å². The highest BCUT2D eigenvalue weighted by Crippen LogP contribution is 2.26. The topological polar surface area (TPSA) is 91.5 Å². The minimum atomic E-state index is 0.210. The molecule has 0 saturated heterocycles. The minimum Gasteiger partial charge on any atom is -0.342 e. The Bertz CT molecular complexity index is 1000. The summed E-state index contributed by atoms with van der Waals surface area (Å²) in [6.45, 7) is 7.76. The molecular weight excluding hydrogens is 362 g/mol. The maximum absolute atomic E-state index is 7.63. The van der Waals surface area contributed by atoms with E-state index < -0.39 is 0 Å². The highest BCUT2D eigenvalue weighted by molar-refractivity contribution is 6.30. The molecule has 1 aromatic carbocycles. The van der Waals surface area contributed by atoms with Crippen molar-refractivity contribution in [2.45, 2.75) is 33.7 Å². The van der Waals surface area contributed by atoms with Crippen LogP contribution in [-0.2, 0) is 0 Å². The predicted octanol–water partition coefficient (Wildman–Crippen LogP) is 5.16. The first-order valence-electron chi connectivity index (χ1n) is 8.61. The number of imidazole rings is 1. The van der Waals surface area contributed by atoms with Crippen LogP contribution in [0.15, 0.2) is 42.4 Å². The molecule has 0 aliphatic carbocycles. The molecule has 3 aromatic rings. The monoisotopic (exact) mass is 383 g/mol. The van der Waals surface area contributed by atoms with E-state index >= 15 is 0 Å². The smallest absolute Gasteiger partial charge is 0.231 e. The molecule has 2 heterocycles. The first-order chi connectivity index (χ1) is 12.8. The van der Waals surface area contributed by atoms with E-state index in [1.807, 2.05) is 23.6 Å². The molecule has 0 atom stereocenters. The summed E-state index contributed by atoms with van der Waals surface area (Å²) in [7, 11) is 0. The van der Waals surface area contributed by atoms with Crippen LogP contribution >= 0.6 is 11.6 Å². The van der Waals surface area contributed by atoms with E-state index in [-0.39, 0.29) is 6.04 Å². The molecule has 0 spiro atoms. The fourth-order valence-electron chi connectivity index (χ4n) is 2.65. The van der Waals surface area contributed by atoms with Crippen LogP contribution in [0.1, 0.15) is 33.7 Å². The third-order valence-corrected chi connectivity index (χ3v) is 4.08. The lowest BCUT2D eigenvalue weighted by atomic mass is 10.3. The van der Waals surface area contributed by atoms with Crippen molar-refractivity contribution >= 4 is 45.9 Å². The summed E-state index contributed by atoms with van der Waals surface area (Å²) >= 11 is 5.95. The van der Waals surface area contributed by atoms with Gasteiger partial charge in [-0.1, -0.05) is 11.6 Å². The molecule has 3 N–H and O–H groups in total. The average molecular weight is 384 g/mol. The van der Waals surface area contributed by atoms with Gasteiger partial charge >= 0.3 is 0 Å². The fourth-order valence-corrected chi connectivity index (χ4v) is 2.77. The van der Waals surface area contributed by atoms with Gasteiger partial charge in [0, 0.05) is 28.2 Å². The molecule has 140 valence electrons. The number of nitrogens with zero attached hydrogens (tertiary/aromatic N) is 4. The molecule has 0 fully saturated rings. The molecule has 0 unspecified atom stereocenters. The van der Waals surface area contributed by atoms with Crippen LogP contribution in [0.5, 0.6) is 0 Å². The zero-order valence-corrected chi connectivity index (χ0v) is 16.5. The Kier molecular flexibility index (Phi) is 5.41. The Morgan fingerprint density at radius 1 is 1.19 bits per heavy atom. The number of nitrogens with one attached hydrogen (secondary N) is 3. The van der Waals surface area contributed by atoms with Crippen molar-refractivity contribution in [3.8, 4) is 0 Å². The van der Waals surface area contributed by atoms with Crippen molar-refractivity contribution in [2.75, 3.05) is 10.6 Å². The third-order valence-electron chi connectivity index (χ3n) is 3.83. The molecule has 0 saturated carbocycles. The third kappa shape index (κ3) is 4.43. The molecule has 0 bridgehead atoms. The standard InChI is InChI=1S/C19H22ClN7/c1-11(2)27-10-22-16-17(23-13(4)9-12(3)21)25-19(26-18(16)27)24-15-7-5-14(20)6-8-15/h5-11,21H,1-4H3,(H2,23,24,25,26)/b13-9-,21-12?. The quantitative estimate of drug-likeness (QED) is 0.511. The van der Waals surface area contributed by atoms with Crippen molar-refractivity contribution in [1.29, 1.82) is 5.41 Å². The normalized spacial score (nSPS) is 11.9. The molecule has 7 nitrogen and oxygen atoms in total. The van der Waals surface area contributed by atoms with Gasteiger partial charge in [0.05, 0.1) is 6.33 Å². The number of allylic oxidation sites excluding steroid dienone is 2. The number of fused-ring (bicyclic) bond motifs is 1. The van der Waals surface area contributed by atoms with E-state index in [0.29, 0.717) is 28.0 Å². The second-order valence-electron chi connectivity index (χ2n) is 6.58. The Labute approximate surface area is 163 Å². The summed E-state index contributed by atoms with van der Waals surface area (Å²) in [4.78, 5) is 13.7. The highest BCUT2D eigenvalue weighted by atomic mass is 35.5. The summed E-state index contributed by atoms with van der Waals surface area (Å²) in [6.07, 6.45) is 3.50. The van der Waals surface area contributed by atoms with Crippen LogP contribution in [0.3, 0.4) is 0 Å². The molecule has 27 heavy (non-hydrogen) atoms. The molecule has 0 radical (unpaired) electrons. The van der Waals surface area contributed by atoms with Crippen LogP contribution in [0.25, 0.3) is 11.2 Å². The van der Waals surface area contributed by atoms with Gasteiger partial charge in [-0.3, -0.25) is 0 Å². The predicted molar refractivity (Wildman–Crippen MR) is 111 cm³/mol. The van der Waals surface area contributed by atoms with Crippen LogP contribution < -0.4 is 10.6 Å². The van der Waals surface area contributed by atoms with E-state index in [1.54, 1.807) is 31.5 Å². The summed E-state index contributed by atoms with van der Waals surface area (Å²) in [5.74, 6) is 1.04. The Morgan fingerprint density at radius 3 is 2.52 bits per heavy atom. The molecule has 8 heteroatoms. The van der Waals surface area contributed by atoms with Crippen LogP contribution in [0.4, 0.5) is 17.5 Å². The zero-order chi connectivity index (χ0) is 19.6. The molecule has 3 rings (SSSR count).